The summed E-state index contributed by atoms with van der Waals surface area (Å²) in [5.41, 5.74) is 1.79. The van der Waals surface area contributed by atoms with Crippen LogP contribution in [0, 0.1) is 0 Å². The van der Waals surface area contributed by atoms with E-state index >= 15 is 0 Å². The van der Waals surface area contributed by atoms with Gasteiger partial charge in [0.05, 0.1) is 41.4 Å². The zero-order chi connectivity index (χ0) is 26.1. The molecule has 3 N–H and O–H groups in total. The van der Waals surface area contributed by atoms with Crippen molar-refractivity contribution < 1.29 is 29.3 Å². The van der Waals surface area contributed by atoms with Crippen LogP contribution in [0.4, 0.5) is 5.95 Å². The number of aromatic amines is 1. The molecule has 3 aromatic carbocycles. The summed E-state index contributed by atoms with van der Waals surface area (Å²) in [5, 5.41) is 21.7. The molecule has 1 aliphatic heterocycles. The molecular formula is C28H25N3O6. The molecule has 1 aromatic heterocycles. The van der Waals surface area contributed by atoms with Crippen LogP contribution >= 0.6 is 0 Å². The molecule has 0 radical (unpaired) electrons. The van der Waals surface area contributed by atoms with E-state index in [9.17, 15) is 19.8 Å². The summed E-state index contributed by atoms with van der Waals surface area (Å²) in [7, 11) is 0. The molecule has 0 spiro atoms. The Morgan fingerprint density at radius 2 is 1.78 bits per heavy atom. The Kier molecular flexibility index (Phi) is 6.27. The number of benzene rings is 3. The number of aliphatic hydroxyl groups excluding tert-OH is 1. The van der Waals surface area contributed by atoms with Crippen molar-refractivity contribution in [2.45, 2.75) is 19.9 Å². The molecule has 1 atom stereocenters. The van der Waals surface area contributed by atoms with Gasteiger partial charge in [-0.3, -0.25) is 14.5 Å². The molecule has 1 saturated heterocycles. The van der Waals surface area contributed by atoms with Gasteiger partial charge in [0.25, 0.3) is 5.78 Å². The van der Waals surface area contributed by atoms with Gasteiger partial charge in [0.1, 0.15) is 23.0 Å². The van der Waals surface area contributed by atoms with Gasteiger partial charge >= 0.3 is 5.91 Å². The number of phenols is 1. The highest BCUT2D eigenvalue weighted by Crippen LogP contribution is 2.43. The molecular weight excluding hydrogens is 474 g/mol. The highest BCUT2D eigenvalue weighted by molar-refractivity contribution is 6.51. The lowest BCUT2D eigenvalue weighted by atomic mass is 9.95. The molecule has 1 amide bonds. The van der Waals surface area contributed by atoms with Gasteiger partial charge in [-0.05, 0) is 55.8 Å². The second-order valence-electron chi connectivity index (χ2n) is 8.37. The number of anilines is 1. The predicted octanol–water partition coefficient (Wildman–Crippen LogP) is 4.69. The van der Waals surface area contributed by atoms with Crippen molar-refractivity contribution >= 4 is 34.4 Å². The molecule has 1 fully saturated rings. The zero-order valence-electron chi connectivity index (χ0n) is 20.3. The lowest BCUT2D eigenvalue weighted by Gasteiger charge is -2.23. The number of Topliss-reactive ketones (excluding diaryl/α,β-unsaturated/α-hetero) is 1. The fourth-order valence-electron chi connectivity index (χ4n) is 4.49. The molecule has 9 heteroatoms. The number of rotatable bonds is 7. The van der Waals surface area contributed by atoms with Gasteiger partial charge in [-0.15, -0.1) is 0 Å². The van der Waals surface area contributed by atoms with Gasteiger partial charge in [-0.25, -0.2) is 4.98 Å². The predicted molar refractivity (Wildman–Crippen MR) is 138 cm³/mol. The minimum Gasteiger partial charge on any atom is -0.508 e. The number of aromatic hydroxyl groups is 1. The fraction of sp³-hybridized carbons (Fsp3) is 0.179. The molecule has 188 valence electrons. The molecule has 1 unspecified atom stereocenters. The maximum absolute atomic E-state index is 13.4. The van der Waals surface area contributed by atoms with Crippen molar-refractivity contribution in [1.29, 1.82) is 0 Å². The van der Waals surface area contributed by atoms with Gasteiger partial charge in [0.2, 0.25) is 5.95 Å². The SMILES string of the molecule is CCOc1ccc(/C(O)=C2\C(=O)C(=O)N(c3nc4ccccc4[nH]3)C2c2cccc(O)c2)c(OCC)c1. The second-order valence-corrected chi connectivity index (χ2v) is 8.37. The van der Waals surface area contributed by atoms with E-state index in [1.807, 2.05) is 19.1 Å². The van der Waals surface area contributed by atoms with Crippen molar-refractivity contribution in [2.75, 3.05) is 18.1 Å². The second kappa shape index (κ2) is 9.69. The first-order valence-electron chi connectivity index (χ1n) is 11.9. The van der Waals surface area contributed by atoms with Gasteiger partial charge in [-0.2, -0.15) is 0 Å². The Balaban J connectivity index is 1.72. The average Bonchev–Trinajstić information content (AvgIpc) is 3.43. The van der Waals surface area contributed by atoms with Crippen LogP contribution in [0.15, 0.2) is 72.3 Å². The maximum Gasteiger partial charge on any atom is 0.302 e. The highest BCUT2D eigenvalue weighted by atomic mass is 16.5. The lowest BCUT2D eigenvalue weighted by Crippen LogP contribution is -2.30. The number of imidazole rings is 1. The van der Waals surface area contributed by atoms with Crippen LogP contribution in [0.2, 0.25) is 0 Å². The average molecular weight is 500 g/mol. The summed E-state index contributed by atoms with van der Waals surface area (Å²) >= 11 is 0. The Bertz CT molecular complexity index is 1510. The van der Waals surface area contributed by atoms with E-state index in [0.717, 1.165) is 0 Å². The molecule has 9 nitrogen and oxygen atoms in total. The lowest BCUT2D eigenvalue weighted by molar-refractivity contribution is -0.132. The van der Waals surface area contributed by atoms with Crippen molar-refractivity contribution in [3.8, 4) is 17.2 Å². The topological polar surface area (TPSA) is 125 Å². The number of amides is 1. The molecule has 1 aliphatic rings. The van der Waals surface area contributed by atoms with Crippen LogP contribution in [-0.4, -0.2) is 45.1 Å². The summed E-state index contributed by atoms with van der Waals surface area (Å²) in [6, 6.07) is 17.2. The first-order valence-corrected chi connectivity index (χ1v) is 11.9. The zero-order valence-corrected chi connectivity index (χ0v) is 20.3. The number of hydrogen-bond donors (Lipinski definition) is 3. The normalized spacial score (nSPS) is 16.9. The van der Waals surface area contributed by atoms with Crippen molar-refractivity contribution in [3.05, 3.63) is 83.4 Å². The van der Waals surface area contributed by atoms with E-state index < -0.39 is 23.5 Å². The number of hydrogen-bond acceptors (Lipinski definition) is 7. The molecule has 5 rings (SSSR count). The number of ether oxygens (including phenoxy) is 2. The number of aromatic nitrogens is 2. The van der Waals surface area contributed by atoms with Crippen molar-refractivity contribution in [2.24, 2.45) is 0 Å². The highest BCUT2D eigenvalue weighted by Gasteiger charge is 2.48. The van der Waals surface area contributed by atoms with Gasteiger partial charge in [0, 0.05) is 6.07 Å². The number of nitrogens with one attached hydrogen (secondary N) is 1. The van der Waals surface area contributed by atoms with Crippen LogP contribution in [0.25, 0.3) is 16.8 Å². The number of para-hydroxylation sites is 2. The molecule has 0 bridgehead atoms. The number of H-pyrrole nitrogens is 1. The minimum atomic E-state index is -1.06. The Morgan fingerprint density at radius 3 is 2.51 bits per heavy atom. The minimum absolute atomic E-state index is 0.0521. The van der Waals surface area contributed by atoms with E-state index in [1.54, 1.807) is 49.4 Å². The smallest absolute Gasteiger partial charge is 0.302 e. The number of ketones is 1. The quantitative estimate of drug-likeness (QED) is 0.191. The molecule has 37 heavy (non-hydrogen) atoms. The maximum atomic E-state index is 13.4. The van der Waals surface area contributed by atoms with Crippen LogP contribution in [0.1, 0.15) is 31.0 Å². The number of carbonyl (C=O) groups is 2. The standard InChI is InChI=1S/C28H25N3O6/c1-3-36-18-12-13-19(22(15-18)37-4-2)25(33)23-24(16-8-7-9-17(32)14-16)31(27(35)26(23)34)28-29-20-10-5-6-11-21(20)30-28/h5-15,24,32-33H,3-4H2,1-2H3,(H,29,30)/b25-23+. The molecule has 0 saturated carbocycles. The van der Waals surface area contributed by atoms with Gasteiger partial charge in [0.15, 0.2) is 0 Å². The van der Waals surface area contributed by atoms with Crippen LogP contribution in [-0.2, 0) is 9.59 Å². The third-order valence-electron chi connectivity index (χ3n) is 6.05. The van der Waals surface area contributed by atoms with Crippen molar-refractivity contribution in [1.82, 2.24) is 9.97 Å². The van der Waals surface area contributed by atoms with Gasteiger partial charge in [-0.1, -0.05) is 24.3 Å². The monoisotopic (exact) mass is 499 g/mol. The van der Waals surface area contributed by atoms with Crippen LogP contribution < -0.4 is 14.4 Å². The summed E-state index contributed by atoms with van der Waals surface area (Å²) in [5.74, 6) is -1.22. The Morgan fingerprint density at radius 1 is 1.00 bits per heavy atom. The molecule has 0 aliphatic carbocycles. The summed E-state index contributed by atoms with van der Waals surface area (Å²) in [6.07, 6.45) is 0. The number of phenolic OH excluding ortho intramolecular Hbond substituents is 1. The van der Waals surface area contributed by atoms with E-state index in [2.05, 4.69) is 9.97 Å². The third kappa shape index (κ3) is 4.24. The van der Waals surface area contributed by atoms with Crippen LogP contribution in [0.5, 0.6) is 17.2 Å². The van der Waals surface area contributed by atoms with Gasteiger partial charge < -0.3 is 24.7 Å². The number of fused-ring (bicyclic) bond motifs is 1. The Hall–Kier alpha value is -4.79. The summed E-state index contributed by atoms with van der Waals surface area (Å²) in [4.78, 5) is 35.7. The summed E-state index contributed by atoms with van der Waals surface area (Å²) < 4.78 is 11.3. The van der Waals surface area contributed by atoms with E-state index in [-0.39, 0.29) is 22.8 Å². The molecule has 4 aromatic rings. The first kappa shape index (κ1) is 23.9. The number of carbonyl (C=O) groups excluding carboxylic acids is 2. The van der Waals surface area contributed by atoms with E-state index in [4.69, 9.17) is 9.47 Å². The van der Waals surface area contributed by atoms with Crippen LogP contribution in [0.3, 0.4) is 0 Å². The number of aliphatic hydroxyl groups is 1. The van der Waals surface area contributed by atoms with Crippen molar-refractivity contribution in [3.63, 3.8) is 0 Å². The fourth-order valence-corrected chi connectivity index (χ4v) is 4.49. The largest absolute Gasteiger partial charge is 0.508 e. The van der Waals surface area contributed by atoms with E-state index in [0.29, 0.717) is 41.3 Å². The number of nitrogens with zero attached hydrogens (tertiary/aromatic N) is 2. The van der Waals surface area contributed by atoms with E-state index in [1.165, 1.54) is 17.0 Å². The first-order chi connectivity index (χ1) is 17.9. The third-order valence-corrected chi connectivity index (χ3v) is 6.05. The summed E-state index contributed by atoms with van der Waals surface area (Å²) in [6.45, 7) is 4.39. The molecule has 2 heterocycles. The Labute approximate surface area is 212 Å².